The van der Waals surface area contributed by atoms with Gasteiger partial charge in [0.15, 0.2) is 0 Å². The minimum atomic E-state index is -0.446. The van der Waals surface area contributed by atoms with Gasteiger partial charge in [0.25, 0.3) is 0 Å². The number of primary amides is 1. The van der Waals surface area contributed by atoms with Crippen LogP contribution >= 0.6 is 0 Å². The summed E-state index contributed by atoms with van der Waals surface area (Å²) < 4.78 is 10.6. The quantitative estimate of drug-likeness (QED) is 0.443. The maximum absolute atomic E-state index is 13.3. The number of carbonyl (C=O) groups excluding carboxylic acids is 2. The molecule has 3 N–H and O–H groups in total. The maximum atomic E-state index is 13.3. The Labute approximate surface area is 205 Å². The third-order valence-corrected chi connectivity index (χ3v) is 6.24. The van der Waals surface area contributed by atoms with Gasteiger partial charge < -0.3 is 20.5 Å². The second-order valence-corrected chi connectivity index (χ2v) is 8.74. The number of nitrogens with two attached hydrogens (primary N) is 1. The highest BCUT2D eigenvalue weighted by molar-refractivity contribution is 5.92. The van der Waals surface area contributed by atoms with Gasteiger partial charge in [0.1, 0.15) is 11.5 Å². The van der Waals surface area contributed by atoms with Gasteiger partial charge in [0, 0.05) is 18.2 Å². The highest BCUT2D eigenvalue weighted by atomic mass is 16.5. The fraction of sp³-hybridized carbons (Fsp3) is 0.286. The smallest absolute Gasteiger partial charge is 0.248 e. The molecule has 0 aliphatic heterocycles. The van der Waals surface area contributed by atoms with E-state index in [2.05, 4.69) is 10.2 Å². The van der Waals surface area contributed by atoms with Crippen molar-refractivity contribution in [3.63, 3.8) is 0 Å². The monoisotopic (exact) mass is 473 g/mol. The summed E-state index contributed by atoms with van der Waals surface area (Å²) in [5, 5.41) is 3.22. The Hall–Kier alpha value is -3.84. The van der Waals surface area contributed by atoms with Crippen LogP contribution in [0, 0.1) is 0 Å². The molecule has 0 radical (unpaired) electrons. The molecule has 0 heterocycles. The standard InChI is InChI=1S/C28H31N3O4/c1-34-24-13-7-20(8-14-24)27(21-9-15-25(35-2)16-10-21)30-26(32)18-31(23-11-12-23)17-19-3-5-22(6-4-19)28(29)33/h3-10,13-16,23,27H,11-12,17-18H2,1-2H3,(H2,29,33)(H,30,32). The van der Waals surface area contributed by atoms with Crippen LogP contribution in [-0.2, 0) is 11.3 Å². The second kappa shape index (κ2) is 11.1. The number of amides is 2. The number of hydrogen-bond donors (Lipinski definition) is 2. The third kappa shape index (κ3) is 6.39. The number of nitrogens with one attached hydrogen (secondary N) is 1. The number of carbonyl (C=O) groups is 2. The lowest BCUT2D eigenvalue weighted by atomic mass is 9.98. The lowest BCUT2D eigenvalue weighted by Gasteiger charge is -2.25. The van der Waals surface area contributed by atoms with E-state index in [0.717, 1.165) is 41.0 Å². The van der Waals surface area contributed by atoms with Crippen LogP contribution in [0.5, 0.6) is 11.5 Å². The molecule has 7 heteroatoms. The molecule has 35 heavy (non-hydrogen) atoms. The molecule has 4 rings (SSSR count). The number of nitrogens with zero attached hydrogens (tertiary/aromatic N) is 1. The van der Waals surface area contributed by atoms with E-state index in [-0.39, 0.29) is 18.5 Å². The molecular weight excluding hydrogens is 442 g/mol. The van der Waals surface area contributed by atoms with Crippen molar-refractivity contribution in [2.24, 2.45) is 5.73 Å². The topological polar surface area (TPSA) is 93.9 Å². The first-order valence-corrected chi connectivity index (χ1v) is 11.7. The molecule has 182 valence electrons. The van der Waals surface area contributed by atoms with E-state index < -0.39 is 5.91 Å². The Kier molecular flexibility index (Phi) is 7.67. The largest absolute Gasteiger partial charge is 0.497 e. The first kappa shape index (κ1) is 24.3. The summed E-state index contributed by atoms with van der Waals surface area (Å²) in [5.74, 6) is 1.02. The summed E-state index contributed by atoms with van der Waals surface area (Å²) >= 11 is 0. The molecule has 1 fully saturated rings. The second-order valence-electron chi connectivity index (χ2n) is 8.74. The summed E-state index contributed by atoms with van der Waals surface area (Å²) in [5.41, 5.74) is 8.79. The van der Waals surface area contributed by atoms with Gasteiger partial charge in [0.2, 0.25) is 11.8 Å². The van der Waals surface area contributed by atoms with Gasteiger partial charge in [-0.05, 0) is 65.9 Å². The normalized spacial score (nSPS) is 13.0. The number of rotatable bonds is 11. The van der Waals surface area contributed by atoms with Crippen molar-refractivity contribution >= 4 is 11.8 Å². The van der Waals surface area contributed by atoms with E-state index >= 15 is 0 Å². The Morgan fingerprint density at radius 1 is 0.886 bits per heavy atom. The average Bonchev–Trinajstić information content (AvgIpc) is 3.73. The fourth-order valence-corrected chi connectivity index (χ4v) is 4.11. The molecule has 0 aromatic heterocycles. The number of benzene rings is 3. The van der Waals surface area contributed by atoms with E-state index in [1.54, 1.807) is 26.4 Å². The van der Waals surface area contributed by atoms with Crippen LogP contribution < -0.4 is 20.5 Å². The predicted molar refractivity (Wildman–Crippen MR) is 134 cm³/mol. The molecule has 3 aromatic carbocycles. The fourth-order valence-electron chi connectivity index (χ4n) is 4.11. The van der Waals surface area contributed by atoms with Gasteiger partial charge in [-0.15, -0.1) is 0 Å². The van der Waals surface area contributed by atoms with Crippen molar-refractivity contribution in [1.82, 2.24) is 10.2 Å². The lowest BCUT2D eigenvalue weighted by Crippen LogP contribution is -2.40. The summed E-state index contributed by atoms with van der Waals surface area (Å²) in [6, 6.07) is 22.8. The van der Waals surface area contributed by atoms with Crippen molar-refractivity contribution in [2.45, 2.75) is 31.5 Å². The zero-order valence-corrected chi connectivity index (χ0v) is 20.1. The van der Waals surface area contributed by atoms with E-state index in [1.165, 1.54) is 0 Å². The van der Waals surface area contributed by atoms with Gasteiger partial charge in [-0.2, -0.15) is 0 Å². The van der Waals surface area contributed by atoms with Crippen LogP contribution in [0.25, 0.3) is 0 Å². The summed E-state index contributed by atoms with van der Waals surface area (Å²) in [6.07, 6.45) is 2.15. The van der Waals surface area contributed by atoms with Crippen LogP contribution in [0.15, 0.2) is 72.8 Å². The Bertz CT molecular complexity index is 1090. The zero-order valence-electron chi connectivity index (χ0n) is 20.1. The van der Waals surface area contributed by atoms with E-state index in [4.69, 9.17) is 15.2 Å². The molecule has 0 spiro atoms. The number of methoxy groups -OCH3 is 2. The van der Waals surface area contributed by atoms with E-state index in [1.807, 2.05) is 60.7 Å². The van der Waals surface area contributed by atoms with Crippen LogP contribution in [0.2, 0.25) is 0 Å². The molecule has 1 aliphatic rings. The van der Waals surface area contributed by atoms with Crippen LogP contribution in [0.3, 0.4) is 0 Å². The first-order chi connectivity index (χ1) is 17.0. The highest BCUT2D eigenvalue weighted by Gasteiger charge is 2.31. The summed E-state index contributed by atoms with van der Waals surface area (Å²) in [7, 11) is 3.26. The van der Waals surface area contributed by atoms with Gasteiger partial charge in [-0.25, -0.2) is 0 Å². The van der Waals surface area contributed by atoms with Crippen LogP contribution in [0.4, 0.5) is 0 Å². The van der Waals surface area contributed by atoms with E-state index in [0.29, 0.717) is 18.2 Å². The Morgan fingerprint density at radius 2 is 1.40 bits per heavy atom. The predicted octanol–water partition coefficient (Wildman–Crippen LogP) is 3.67. The Morgan fingerprint density at radius 3 is 1.83 bits per heavy atom. The molecule has 0 atom stereocenters. The molecule has 7 nitrogen and oxygen atoms in total. The van der Waals surface area contributed by atoms with Gasteiger partial charge in [-0.3, -0.25) is 14.5 Å². The number of hydrogen-bond acceptors (Lipinski definition) is 5. The van der Waals surface area contributed by atoms with Crippen LogP contribution in [0.1, 0.15) is 45.9 Å². The van der Waals surface area contributed by atoms with Gasteiger partial charge >= 0.3 is 0 Å². The minimum absolute atomic E-state index is 0.0534. The van der Waals surface area contributed by atoms with Gasteiger partial charge in [0.05, 0.1) is 26.8 Å². The molecular formula is C28H31N3O4. The van der Waals surface area contributed by atoms with Crippen molar-refractivity contribution in [1.29, 1.82) is 0 Å². The SMILES string of the molecule is COc1ccc(C(NC(=O)CN(Cc2ccc(C(N)=O)cc2)C2CC2)c2ccc(OC)cc2)cc1. The van der Waals surface area contributed by atoms with Crippen molar-refractivity contribution in [2.75, 3.05) is 20.8 Å². The van der Waals surface area contributed by atoms with Crippen molar-refractivity contribution in [3.8, 4) is 11.5 Å². The molecule has 1 saturated carbocycles. The average molecular weight is 474 g/mol. The molecule has 0 unspecified atom stereocenters. The summed E-state index contributed by atoms with van der Waals surface area (Å²) in [6.45, 7) is 0.915. The molecule has 2 amide bonds. The lowest BCUT2D eigenvalue weighted by molar-refractivity contribution is -0.123. The van der Waals surface area contributed by atoms with Crippen molar-refractivity contribution < 1.29 is 19.1 Å². The summed E-state index contributed by atoms with van der Waals surface area (Å²) in [4.78, 5) is 26.8. The van der Waals surface area contributed by atoms with Crippen molar-refractivity contribution in [3.05, 3.63) is 95.1 Å². The third-order valence-electron chi connectivity index (χ3n) is 6.24. The first-order valence-electron chi connectivity index (χ1n) is 11.7. The molecule has 1 aliphatic carbocycles. The molecule has 0 saturated heterocycles. The highest BCUT2D eigenvalue weighted by Crippen LogP contribution is 2.29. The van der Waals surface area contributed by atoms with E-state index in [9.17, 15) is 9.59 Å². The molecule has 0 bridgehead atoms. The maximum Gasteiger partial charge on any atom is 0.248 e. The zero-order chi connectivity index (χ0) is 24.8. The minimum Gasteiger partial charge on any atom is -0.497 e. The number of ether oxygens (including phenoxy) is 2. The Balaban J connectivity index is 1.49. The van der Waals surface area contributed by atoms with Gasteiger partial charge in [-0.1, -0.05) is 36.4 Å². The molecule has 3 aromatic rings. The van der Waals surface area contributed by atoms with Crippen LogP contribution in [-0.4, -0.2) is 43.5 Å².